The van der Waals surface area contributed by atoms with Crippen LogP contribution in [0, 0.1) is 0 Å². The van der Waals surface area contributed by atoms with Gasteiger partial charge in [0.2, 0.25) is 11.8 Å². The minimum atomic E-state index is 0.634. The molecule has 2 fully saturated rings. The van der Waals surface area contributed by atoms with Crippen molar-refractivity contribution in [2.45, 2.75) is 13.0 Å². The number of likely N-dealkylation sites (N-methyl/N-ethyl adjacent to an activating group) is 1. The minimum Gasteiger partial charge on any atom is -0.481 e. The molecule has 20 heavy (non-hydrogen) atoms. The number of piperazine rings is 1. The van der Waals surface area contributed by atoms with E-state index >= 15 is 0 Å². The van der Waals surface area contributed by atoms with Gasteiger partial charge in [0.1, 0.15) is 0 Å². The van der Waals surface area contributed by atoms with Crippen molar-refractivity contribution in [2.24, 2.45) is 0 Å². The second-order valence-electron chi connectivity index (χ2n) is 5.43. The molecule has 2 aliphatic rings. The van der Waals surface area contributed by atoms with E-state index in [1.165, 1.54) is 32.7 Å². The maximum absolute atomic E-state index is 5.15. The molecule has 0 radical (unpaired) electrons. The maximum Gasteiger partial charge on any atom is 0.228 e. The van der Waals surface area contributed by atoms with Crippen molar-refractivity contribution in [3.63, 3.8) is 0 Å². The predicted molar refractivity (Wildman–Crippen MR) is 78.3 cm³/mol. The average molecular weight is 277 g/mol. The summed E-state index contributed by atoms with van der Waals surface area (Å²) >= 11 is 0. The van der Waals surface area contributed by atoms with Crippen LogP contribution in [0.3, 0.4) is 0 Å². The van der Waals surface area contributed by atoms with E-state index in [1.54, 1.807) is 19.4 Å². The third-order valence-corrected chi connectivity index (χ3v) is 4.34. The first kappa shape index (κ1) is 13.6. The van der Waals surface area contributed by atoms with Crippen LogP contribution >= 0.6 is 0 Å². The van der Waals surface area contributed by atoms with Crippen molar-refractivity contribution in [3.8, 4) is 5.88 Å². The second kappa shape index (κ2) is 5.93. The Morgan fingerprint density at radius 1 is 1.25 bits per heavy atom. The summed E-state index contributed by atoms with van der Waals surface area (Å²) in [6.07, 6.45) is 1.76. The predicted octanol–water partition coefficient (Wildman–Crippen LogP) is 0.311. The van der Waals surface area contributed by atoms with Crippen molar-refractivity contribution in [1.82, 2.24) is 19.8 Å². The molecule has 0 saturated carbocycles. The van der Waals surface area contributed by atoms with Crippen molar-refractivity contribution in [3.05, 3.63) is 12.3 Å². The lowest BCUT2D eigenvalue weighted by Crippen LogP contribution is -2.63. The molecule has 1 aromatic rings. The summed E-state index contributed by atoms with van der Waals surface area (Å²) in [5, 5.41) is 0. The Bertz CT molecular complexity index is 441. The zero-order chi connectivity index (χ0) is 13.9. The van der Waals surface area contributed by atoms with Gasteiger partial charge in [-0.15, -0.1) is 0 Å². The van der Waals surface area contributed by atoms with E-state index in [9.17, 15) is 0 Å². The first-order chi connectivity index (χ1) is 9.80. The summed E-state index contributed by atoms with van der Waals surface area (Å²) in [5.74, 6) is 1.42. The number of rotatable bonds is 4. The Balaban J connectivity index is 1.51. The van der Waals surface area contributed by atoms with Crippen LogP contribution in [0.5, 0.6) is 5.88 Å². The molecule has 0 atom stereocenters. The fraction of sp³-hybridized carbons (Fsp3) is 0.714. The zero-order valence-electron chi connectivity index (χ0n) is 12.3. The fourth-order valence-electron chi connectivity index (χ4n) is 2.89. The highest BCUT2D eigenvalue weighted by Crippen LogP contribution is 2.22. The van der Waals surface area contributed by atoms with E-state index in [0.29, 0.717) is 11.9 Å². The quantitative estimate of drug-likeness (QED) is 0.789. The van der Waals surface area contributed by atoms with Gasteiger partial charge in [-0.05, 0) is 6.54 Å². The topological polar surface area (TPSA) is 44.7 Å². The highest BCUT2D eigenvalue weighted by molar-refractivity contribution is 5.36. The lowest BCUT2D eigenvalue weighted by molar-refractivity contribution is 0.0856. The first-order valence-electron chi connectivity index (χ1n) is 7.38. The number of nitrogens with zero attached hydrogens (tertiary/aromatic N) is 5. The van der Waals surface area contributed by atoms with Gasteiger partial charge in [-0.3, -0.25) is 4.90 Å². The number of methoxy groups -OCH3 is 1. The molecule has 3 heterocycles. The molecule has 1 aromatic heterocycles. The lowest BCUT2D eigenvalue weighted by Gasteiger charge is -2.48. The van der Waals surface area contributed by atoms with Gasteiger partial charge in [-0.1, -0.05) is 6.92 Å². The third-order valence-electron chi connectivity index (χ3n) is 4.34. The average Bonchev–Trinajstić information content (AvgIpc) is 2.47. The van der Waals surface area contributed by atoms with Crippen LogP contribution in [-0.2, 0) is 0 Å². The largest absolute Gasteiger partial charge is 0.481 e. The van der Waals surface area contributed by atoms with Gasteiger partial charge in [0.25, 0.3) is 0 Å². The van der Waals surface area contributed by atoms with E-state index in [4.69, 9.17) is 4.74 Å². The van der Waals surface area contributed by atoms with Crippen LogP contribution in [0.1, 0.15) is 6.92 Å². The molecular formula is C14H23N5O. The van der Waals surface area contributed by atoms with Gasteiger partial charge in [0, 0.05) is 57.6 Å². The number of ether oxygens (including phenoxy) is 1. The van der Waals surface area contributed by atoms with Crippen molar-refractivity contribution in [1.29, 1.82) is 0 Å². The number of anilines is 1. The summed E-state index contributed by atoms with van der Waals surface area (Å²) in [6.45, 7) is 10.2. The van der Waals surface area contributed by atoms with E-state index in [2.05, 4.69) is 31.6 Å². The smallest absolute Gasteiger partial charge is 0.228 e. The van der Waals surface area contributed by atoms with E-state index in [-0.39, 0.29) is 0 Å². The summed E-state index contributed by atoms with van der Waals surface area (Å²) in [4.78, 5) is 16.0. The monoisotopic (exact) mass is 277 g/mol. The van der Waals surface area contributed by atoms with Gasteiger partial charge in [0.15, 0.2) is 0 Å². The number of hydrogen-bond acceptors (Lipinski definition) is 6. The minimum absolute atomic E-state index is 0.634. The van der Waals surface area contributed by atoms with Crippen LogP contribution < -0.4 is 9.64 Å². The van der Waals surface area contributed by atoms with Crippen molar-refractivity contribution in [2.75, 3.05) is 57.8 Å². The molecule has 0 unspecified atom stereocenters. The molecule has 0 amide bonds. The SMILES string of the molecule is CCN1CCN(C2CN(c3nccc(OC)n3)C2)CC1. The third kappa shape index (κ3) is 2.71. The molecule has 0 aliphatic carbocycles. The molecular weight excluding hydrogens is 254 g/mol. The Hall–Kier alpha value is -1.40. The normalized spacial score (nSPS) is 21.8. The molecule has 0 aromatic carbocycles. The lowest BCUT2D eigenvalue weighted by atomic mass is 10.1. The molecule has 0 N–H and O–H groups in total. The summed E-state index contributed by atoms with van der Waals surface area (Å²) < 4.78 is 5.15. The summed E-state index contributed by atoms with van der Waals surface area (Å²) in [6, 6.07) is 2.44. The first-order valence-corrected chi connectivity index (χ1v) is 7.38. The molecule has 3 rings (SSSR count). The Morgan fingerprint density at radius 3 is 2.65 bits per heavy atom. The van der Waals surface area contributed by atoms with Gasteiger partial charge in [0.05, 0.1) is 7.11 Å². The van der Waals surface area contributed by atoms with Crippen LogP contribution in [-0.4, -0.2) is 78.7 Å². The Labute approximate surface area is 120 Å². The van der Waals surface area contributed by atoms with E-state index < -0.39 is 0 Å². The fourth-order valence-corrected chi connectivity index (χ4v) is 2.89. The van der Waals surface area contributed by atoms with Gasteiger partial charge < -0.3 is 14.5 Å². The second-order valence-corrected chi connectivity index (χ2v) is 5.43. The maximum atomic E-state index is 5.15. The Kier molecular flexibility index (Phi) is 4.03. The molecule has 110 valence electrons. The number of hydrogen-bond donors (Lipinski definition) is 0. The standard InChI is InChI=1S/C14H23N5O/c1-3-17-6-8-18(9-7-17)12-10-19(11-12)14-15-5-4-13(16-14)20-2/h4-5,12H,3,6-11H2,1-2H3. The highest BCUT2D eigenvalue weighted by atomic mass is 16.5. The zero-order valence-corrected chi connectivity index (χ0v) is 12.3. The molecule has 2 aliphatic heterocycles. The van der Waals surface area contributed by atoms with Gasteiger partial charge in [-0.2, -0.15) is 4.98 Å². The molecule has 0 spiro atoms. The van der Waals surface area contributed by atoms with E-state index in [1.807, 2.05) is 0 Å². The van der Waals surface area contributed by atoms with Gasteiger partial charge in [-0.25, -0.2) is 4.98 Å². The molecule has 2 saturated heterocycles. The summed E-state index contributed by atoms with van der Waals surface area (Å²) in [5.41, 5.74) is 0. The summed E-state index contributed by atoms with van der Waals surface area (Å²) in [7, 11) is 1.64. The Morgan fingerprint density at radius 2 is 2.00 bits per heavy atom. The number of aromatic nitrogens is 2. The van der Waals surface area contributed by atoms with Crippen LogP contribution in [0.15, 0.2) is 12.3 Å². The van der Waals surface area contributed by atoms with Crippen LogP contribution in [0.4, 0.5) is 5.95 Å². The van der Waals surface area contributed by atoms with Gasteiger partial charge >= 0.3 is 0 Å². The molecule has 6 heteroatoms. The van der Waals surface area contributed by atoms with Crippen molar-refractivity contribution >= 4 is 5.95 Å². The van der Waals surface area contributed by atoms with Crippen LogP contribution in [0.2, 0.25) is 0 Å². The van der Waals surface area contributed by atoms with E-state index in [0.717, 1.165) is 19.0 Å². The van der Waals surface area contributed by atoms with Crippen LogP contribution in [0.25, 0.3) is 0 Å². The highest BCUT2D eigenvalue weighted by Gasteiger charge is 2.34. The van der Waals surface area contributed by atoms with Crippen molar-refractivity contribution < 1.29 is 4.74 Å². The molecule has 6 nitrogen and oxygen atoms in total. The molecule has 0 bridgehead atoms.